The van der Waals surface area contributed by atoms with Crippen LogP contribution >= 0.6 is 0 Å². The van der Waals surface area contributed by atoms with Crippen molar-refractivity contribution in [2.45, 2.75) is 31.9 Å². The number of carbonyl (C=O) groups excluding carboxylic acids is 1. The molecule has 3 N–H and O–H groups in total. The van der Waals surface area contributed by atoms with Crippen LogP contribution in [-0.2, 0) is 9.53 Å². The van der Waals surface area contributed by atoms with Gasteiger partial charge in [-0.15, -0.1) is 0 Å². The monoisotopic (exact) mass is 322 g/mol. The third-order valence-electron chi connectivity index (χ3n) is 4.04. The minimum absolute atomic E-state index is 0.123. The zero-order valence-electron chi connectivity index (χ0n) is 13.8. The maximum atomic E-state index is 12.1. The van der Waals surface area contributed by atoms with Gasteiger partial charge in [-0.25, -0.2) is 0 Å². The molecule has 6 heteroatoms. The van der Waals surface area contributed by atoms with E-state index in [0.717, 1.165) is 24.3 Å². The first-order valence-electron chi connectivity index (χ1n) is 8.02. The minimum atomic E-state index is -0.480. The van der Waals surface area contributed by atoms with Gasteiger partial charge < -0.3 is 25.3 Å². The summed E-state index contributed by atoms with van der Waals surface area (Å²) >= 11 is 0. The van der Waals surface area contributed by atoms with Crippen LogP contribution in [-0.4, -0.2) is 44.9 Å². The second-order valence-electron chi connectivity index (χ2n) is 5.82. The van der Waals surface area contributed by atoms with E-state index < -0.39 is 6.04 Å². The maximum Gasteiger partial charge on any atom is 0.237 e. The molecule has 1 aliphatic heterocycles. The van der Waals surface area contributed by atoms with Gasteiger partial charge in [0.25, 0.3) is 0 Å². The summed E-state index contributed by atoms with van der Waals surface area (Å²) in [5, 5.41) is 2.87. The lowest BCUT2D eigenvalue weighted by Crippen LogP contribution is -2.48. The van der Waals surface area contributed by atoms with Crippen molar-refractivity contribution in [1.82, 2.24) is 5.32 Å². The molecule has 128 valence electrons. The van der Waals surface area contributed by atoms with E-state index in [1.807, 2.05) is 31.2 Å². The lowest BCUT2D eigenvalue weighted by Gasteiger charge is -2.27. The predicted octanol–water partition coefficient (Wildman–Crippen LogP) is 1.33. The average Bonchev–Trinajstić information content (AvgIpc) is 2.60. The van der Waals surface area contributed by atoms with E-state index in [1.165, 1.54) is 0 Å². The minimum Gasteiger partial charge on any atom is -0.497 e. The fourth-order valence-electron chi connectivity index (χ4n) is 2.58. The fraction of sp³-hybridized carbons (Fsp3) is 0.588. The van der Waals surface area contributed by atoms with Crippen molar-refractivity contribution in [2.75, 3.05) is 26.9 Å². The summed E-state index contributed by atoms with van der Waals surface area (Å²) in [5.41, 5.74) is 6.04. The highest BCUT2D eigenvalue weighted by Crippen LogP contribution is 2.19. The van der Waals surface area contributed by atoms with Crippen LogP contribution < -0.4 is 20.5 Å². The second kappa shape index (κ2) is 8.74. The van der Waals surface area contributed by atoms with Gasteiger partial charge in [-0.3, -0.25) is 4.79 Å². The Balaban J connectivity index is 1.74. The molecule has 2 unspecified atom stereocenters. The smallest absolute Gasteiger partial charge is 0.237 e. The molecule has 0 aromatic heterocycles. The fourth-order valence-corrected chi connectivity index (χ4v) is 2.58. The van der Waals surface area contributed by atoms with E-state index in [4.69, 9.17) is 19.9 Å². The number of rotatable bonds is 7. The zero-order chi connectivity index (χ0) is 16.7. The molecular weight excluding hydrogens is 296 g/mol. The van der Waals surface area contributed by atoms with Crippen LogP contribution in [0.5, 0.6) is 11.5 Å². The molecule has 1 aromatic rings. The molecule has 1 amide bonds. The van der Waals surface area contributed by atoms with Gasteiger partial charge in [-0.2, -0.15) is 0 Å². The Morgan fingerprint density at radius 1 is 1.30 bits per heavy atom. The third kappa shape index (κ3) is 5.41. The molecule has 0 radical (unpaired) electrons. The molecule has 1 aromatic carbocycles. The van der Waals surface area contributed by atoms with E-state index >= 15 is 0 Å². The van der Waals surface area contributed by atoms with Gasteiger partial charge in [0.2, 0.25) is 5.91 Å². The van der Waals surface area contributed by atoms with Gasteiger partial charge in [-0.05, 0) is 49.9 Å². The number of nitrogens with two attached hydrogens (primary N) is 1. The van der Waals surface area contributed by atoms with Crippen molar-refractivity contribution < 1.29 is 19.0 Å². The highest BCUT2D eigenvalue weighted by atomic mass is 16.5. The summed E-state index contributed by atoms with van der Waals surface area (Å²) in [7, 11) is 1.62. The molecule has 23 heavy (non-hydrogen) atoms. The quantitative estimate of drug-likeness (QED) is 0.791. The Morgan fingerprint density at radius 3 is 2.52 bits per heavy atom. The highest BCUT2D eigenvalue weighted by molar-refractivity contribution is 5.81. The Labute approximate surface area is 137 Å². The first kappa shape index (κ1) is 17.6. The number of benzene rings is 1. The summed E-state index contributed by atoms with van der Waals surface area (Å²) in [6, 6.07) is 6.87. The van der Waals surface area contributed by atoms with Crippen LogP contribution in [0.3, 0.4) is 0 Å². The first-order chi connectivity index (χ1) is 11.1. The van der Waals surface area contributed by atoms with E-state index in [0.29, 0.717) is 19.8 Å². The van der Waals surface area contributed by atoms with Crippen LogP contribution in [0.15, 0.2) is 24.3 Å². The predicted molar refractivity (Wildman–Crippen MR) is 87.6 cm³/mol. The summed E-state index contributed by atoms with van der Waals surface area (Å²) in [4.78, 5) is 12.1. The van der Waals surface area contributed by atoms with Crippen molar-refractivity contribution in [3.63, 3.8) is 0 Å². The van der Waals surface area contributed by atoms with Crippen molar-refractivity contribution in [3.05, 3.63) is 24.3 Å². The van der Waals surface area contributed by atoms with E-state index in [1.54, 1.807) is 7.11 Å². The molecule has 2 atom stereocenters. The number of amides is 1. The van der Waals surface area contributed by atoms with Gasteiger partial charge in [0.05, 0.1) is 19.7 Å². The number of ether oxygens (including phenoxy) is 3. The van der Waals surface area contributed by atoms with Crippen molar-refractivity contribution in [2.24, 2.45) is 11.7 Å². The van der Waals surface area contributed by atoms with Gasteiger partial charge in [-0.1, -0.05) is 0 Å². The van der Waals surface area contributed by atoms with Crippen molar-refractivity contribution >= 4 is 5.91 Å². The lowest BCUT2D eigenvalue weighted by atomic mass is 9.92. The highest BCUT2D eigenvalue weighted by Gasteiger charge is 2.26. The Hall–Kier alpha value is -1.79. The molecule has 1 aliphatic rings. The molecule has 1 heterocycles. The largest absolute Gasteiger partial charge is 0.497 e. The Bertz CT molecular complexity index is 486. The van der Waals surface area contributed by atoms with Crippen LogP contribution in [0.25, 0.3) is 0 Å². The molecule has 6 nitrogen and oxygen atoms in total. The third-order valence-corrected chi connectivity index (χ3v) is 4.04. The summed E-state index contributed by atoms with van der Waals surface area (Å²) in [5.74, 6) is 1.59. The Kier molecular flexibility index (Phi) is 6.67. The molecular formula is C17H26N2O4. The van der Waals surface area contributed by atoms with Crippen LogP contribution in [0.2, 0.25) is 0 Å². The number of hydrogen-bond donors (Lipinski definition) is 2. The zero-order valence-corrected chi connectivity index (χ0v) is 13.8. The number of methoxy groups -OCH3 is 1. The average molecular weight is 322 g/mol. The van der Waals surface area contributed by atoms with Gasteiger partial charge in [0.15, 0.2) is 0 Å². The second-order valence-corrected chi connectivity index (χ2v) is 5.82. The van der Waals surface area contributed by atoms with Gasteiger partial charge in [0, 0.05) is 13.2 Å². The molecule has 0 aliphatic carbocycles. The van der Waals surface area contributed by atoms with Crippen molar-refractivity contribution in [1.29, 1.82) is 0 Å². The van der Waals surface area contributed by atoms with E-state index in [-0.39, 0.29) is 17.9 Å². The molecule has 0 saturated carbocycles. The summed E-state index contributed by atoms with van der Waals surface area (Å²) in [6.45, 7) is 3.69. The van der Waals surface area contributed by atoms with Crippen molar-refractivity contribution in [3.8, 4) is 11.5 Å². The number of carbonyl (C=O) groups is 1. The summed E-state index contributed by atoms with van der Waals surface area (Å²) < 4.78 is 16.2. The van der Waals surface area contributed by atoms with Gasteiger partial charge >= 0.3 is 0 Å². The maximum absolute atomic E-state index is 12.1. The normalized spacial score (nSPS) is 18.0. The Morgan fingerprint density at radius 2 is 1.91 bits per heavy atom. The first-order valence-corrected chi connectivity index (χ1v) is 8.02. The van der Waals surface area contributed by atoms with Crippen LogP contribution in [0.4, 0.5) is 0 Å². The van der Waals surface area contributed by atoms with Gasteiger partial charge in [0.1, 0.15) is 17.6 Å². The molecule has 1 saturated heterocycles. The van der Waals surface area contributed by atoms with Crippen LogP contribution in [0, 0.1) is 5.92 Å². The topological polar surface area (TPSA) is 82.8 Å². The number of nitrogens with one attached hydrogen (secondary N) is 1. The van der Waals surface area contributed by atoms with E-state index in [2.05, 4.69) is 5.32 Å². The molecule has 1 fully saturated rings. The number of hydrogen-bond acceptors (Lipinski definition) is 5. The standard InChI is InChI=1S/C17H26N2O4/c1-12(23-15-5-3-14(21-2)4-6-15)11-19-17(20)16(18)13-7-9-22-10-8-13/h3-6,12-13,16H,7-11,18H2,1-2H3,(H,19,20). The van der Waals surface area contributed by atoms with E-state index in [9.17, 15) is 4.79 Å². The molecule has 2 rings (SSSR count). The van der Waals surface area contributed by atoms with Crippen LogP contribution in [0.1, 0.15) is 19.8 Å². The summed E-state index contributed by atoms with van der Waals surface area (Å²) in [6.07, 6.45) is 1.54. The molecule has 0 bridgehead atoms. The molecule has 0 spiro atoms. The lowest BCUT2D eigenvalue weighted by molar-refractivity contribution is -0.124. The SMILES string of the molecule is COc1ccc(OC(C)CNC(=O)C(N)C2CCOCC2)cc1.